The number of aliphatic hydroxyl groups excluding tert-OH is 1. The van der Waals surface area contributed by atoms with Crippen molar-refractivity contribution in [3.8, 4) is 0 Å². The van der Waals surface area contributed by atoms with Crippen LogP contribution in [0.25, 0.3) is 0 Å². The van der Waals surface area contributed by atoms with E-state index in [9.17, 15) is 9.18 Å². The molecule has 0 radical (unpaired) electrons. The first-order chi connectivity index (χ1) is 8.65. The number of anilines is 1. The Labute approximate surface area is 106 Å². The summed E-state index contributed by atoms with van der Waals surface area (Å²) in [6.07, 6.45) is 3.54. The molecule has 0 aromatic heterocycles. The first kappa shape index (κ1) is 14.4. The first-order valence-electron chi connectivity index (χ1n) is 6.09. The molecule has 1 aromatic carbocycles. The zero-order chi connectivity index (χ0) is 13.4. The number of hydrogen-bond donors (Lipinski definition) is 3. The van der Waals surface area contributed by atoms with Gasteiger partial charge in [0.05, 0.1) is 5.69 Å². The Morgan fingerprint density at radius 3 is 2.67 bits per heavy atom. The van der Waals surface area contributed by atoms with E-state index in [1.165, 1.54) is 12.1 Å². The summed E-state index contributed by atoms with van der Waals surface area (Å²) < 4.78 is 13.1. The van der Waals surface area contributed by atoms with Crippen LogP contribution in [0.15, 0.2) is 18.2 Å². The molecule has 0 saturated heterocycles. The minimum absolute atomic E-state index is 0.0375. The lowest BCUT2D eigenvalue weighted by Crippen LogP contribution is -2.24. The van der Waals surface area contributed by atoms with Crippen molar-refractivity contribution in [2.45, 2.75) is 25.7 Å². The van der Waals surface area contributed by atoms with Crippen LogP contribution < -0.4 is 11.1 Å². The Morgan fingerprint density at radius 1 is 1.28 bits per heavy atom. The maximum Gasteiger partial charge on any atom is 0.251 e. The standard InChI is InChI=1S/C13H19FN2O2/c14-11-9-10(5-6-12(11)15)13(18)16-7-3-1-2-4-8-17/h5-6,9,17H,1-4,7-8,15H2,(H,16,18). The van der Waals surface area contributed by atoms with E-state index in [-0.39, 0.29) is 23.8 Å². The highest BCUT2D eigenvalue weighted by Gasteiger charge is 2.07. The quantitative estimate of drug-likeness (QED) is 0.512. The van der Waals surface area contributed by atoms with Gasteiger partial charge in [0.15, 0.2) is 0 Å². The summed E-state index contributed by atoms with van der Waals surface area (Å²) in [5, 5.41) is 11.3. The van der Waals surface area contributed by atoms with E-state index in [0.29, 0.717) is 6.54 Å². The number of carbonyl (C=O) groups is 1. The average Bonchev–Trinajstić information content (AvgIpc) is 2.36. The summed E-state index contributed by atoms with van der Waals surface area (Å²) in [5.41, 5.74) is 5.64. The summed E-state index contributed by atoms with van der Waals surface area (Å²) in [6.45, 7) is 0.757. The van der Waals surface area contributed by atoms with Crippen LogP contribution in [0.4, 0.5) is 10.1 Å². The number of benzene rings is 1. The van der Waals surface area contributed by atoms with Crippen molar-refractivity contribution in [3.63, 3.8) is 0 Å². The second kappa shape index (κ2) is 7.66. The zero-order valence-corrected chi connectivity index (χ0v) is 10.3. The van der Waals surface area contributed by atoms with Crippen LogP contribution in [0, 0.1) is 5.82 Å². The van der Waals surface area contributed by atoms with Crippen molar-refractivity contribution in [2.75, 3.05) is 18.9 Å². The number of halogens is 1. The number of nitrogens with one attached hydrogen (secondary N) is 1. The van der Waals surface area contributed by atoms with E-state index in [0.717, 1.165) is 31.7 Å². The number of aliphatic hydroxyl groups is 1. The van der Waals surface area contributed by atoms with Gasteiger partial charge in [-0.3, -0.25) is 4.79 Å². The Morgan fingerprint density at radius 2 is 2.00 bits per heavy atom. The van der Waals surface area contributed by atoms with Crippen molar-refractivity contribution >= 4 is 11.6 Å². The van der Waals surface area contributed by atoms with Gasteiger partial charge in [0, 0.05) is 18.7 Å². The topological polar surface area (TPSA) is 75.4 Å². The zero-order valence-electron chi connectivity index (χ0n) is 10.3. The van der Waals surface area contributed by atoms with Gasteiger partial charge in [-0.25, -0.2) is 4.39 Å². The average molecular weight is 254 g/mol. The van der Waals surface area contributed by atoms with Crippen molar-refractivity contribution in [1.29, 1.82) is 0 Å². The monoisotopic (exact) mass is 254 g/mol. The Bertz CT molecular complexity index is 397. The largest absolute Gasteiger partial charge is 0.396 e. The number of amides is 1. The fourth-order valence-corrected chi connectivity index (χ4v) is 1.56. The summed E-state index contributed by atoms with van der Waals surface area (Å²) in [7, 11) is 0. The second-order valence-electron chi connectivity index (χ2n) is 4.13. The number of nitrogen functional groups attached to an aromatic ring is 1. The Hall–Kier alpha value is -1.62. The van der Waals surface area contributed by atoms with Crippen LogP contribution >= 0.6 is 0 Å². The number of unbranched alkanes of at least 4 members (excludes halogenated alkanes) is 3. The lowest BCUT2D eigenvalue weighted by molar-refractivity contribution is 0.0952. The molecular weight excluding hydrogens is 235 g/mol. The van der Waals surface area contributed by atoms with E-state index in [2.05, 4.69) is 5.32 Å². The first-order valence-corrected chi connectivity index (χ1v) is 6.09. The third-order valence-corrected chi connectivity index (χ3v) is 2.63. The molecule has 4 nitrogen and oxygen atoms in total. The van der Waals surface area contributed by atoms with E-state index in [1.54, 1.807) is 0 Å². The van der Waals surface area contributed by atoms with E-state index < -0.39 is 5.82 Å². The highest BCUT2D eigenvalue weighted by atomic mass is 19.1. The Kier molecular flexibility index (Phi) is 6.14. The molecule has 0 aliphatic carbocycles. The minimum atomic E-state index is -0.578. The molecule has 0 aliphatic rings. The minimum Gasteiger partial charge on any atom is -0.396 e. The van der Waals surface area contributed by atoms with Crippen LogP contribution in [-0.4, -0.2) is 24.2 Å². The third-order valence-electron chi connectivity index (χ3n) is 2.63. The van der Waals surface area contributed by atoms with Crippen LogP contribution in [0.2, 0.25) is 0 Å². The highest BCUT2D eigenvalue weighted by Crippen LogP contribution is 2.11. The molecule has 100 valence electrons. The van der Waals surface area contributed by atoms with E-state index in [4.69, 9.17) is 10.8 Å². The molecule has 0 heterocycles. The molecule has 4 N–H and O–H groups in total. The number of rotatable bonds is 7. The second-order valence-corrected chi connectivity index (χ2v) is 4.13. The summed E-state index contributed by atoms with van der Waals surface area (Å²) in [5.74, 6) is -0.873. The van der Waals surface area contributed by atoms with Crippen molar-refractivity contribution in [1.82, 2.24) is 5.32 Å². The molecule has 0 bridgehead atoms. The number of nitrogens with two attached hydrogens (primary N) is 1. The Balaban J connectivity index is 2.30. The molecule has 1 aromatic rings. The van der Waals surface area contributed by atoms with Gasteiger partial charge in [-0.15, -0.1) is 0 Å². The van der Waals surface area contributed by atoms with Crippen molar-refractivity contribution in [3.05, 3.63) is 29.6 Å². The summed E-state index contributed by atoms with van der Waals surface area (Å²) in [6, 6.07) is 4.02. The SMILES string of the molecule is Nc1ccc(C(=O)NCCCCCCO)cc1F. The van der Waals surface area contributed by atoms with Crippen molar-refractivity contribution in [2.24, 2.45) is 0 Å². The molecule has 18 heavy (non-hydrogen) atoms. The molecule has 0 aliphatic heterocycles. The molecule has 1 amide bonds. The summed E-state index contributed by atoms with van der Waals surface area (Å²) in [4.78, 5) is 11.6. The molecule has 0 fully saturated rings. The van der Waals surface area contributed by atoms with Gasteiger partial charge < -0.3 is 16.2 Å². The smallest absolute Gasteiger partial charge is 0.251 e. The predicted octanol–water partition coefficient (Wildman–Crippen LogP) is 1.69. The van der Waals surface area contributed by atoms with Gasteiger partial charge in [0.2, 0.25) is 0 Å². The molecule has 0 unspecified atom stereocenters. The molecule has 1 rings (SSSR count). The fourth-order valence-electron chi connectivity index (χ4n) is 1.56. The van der Waals surface area contributed by atoms with Crippen molar-refractivity contribution < 1.29 is 14.3 Å². The molecule has 0 saturated carbocycles. The van der Waals surface area contributed by atoms with E-state index >= 15 is 0 Å². The number of hydrogen-bond acceptors (Lipinski definition) is 3. The van der Waals surface area contributed by atoms with Gasteiger partial charge in [-0.05, 0) is 31.0 Å². The normalized spacial score (nSPS) is 10.3. The molecular formula is C13H19FN2O2. The van der Waals surface area contributed by atoms with Crippen LogP contribution in [0.1, 0.15) is 36.0 Å². The van der Waals surface area contributed by atoms with Gasteiger partial charge in [-0.1, -0.05) is 12.8 Å². The van der Waals surface area contributed by atoms with Crippen LogP contribution in [0.3, 0.4) is 0 Å². The van der Waals surface area contributed by atoms with E-state index in [1.807, 2.05) is 0 Å². The van der Waals surface area contributed by atoms with Gasteiger partial charge in [0.1, 0.15) is 5.82 Å². The maximum absolute atomic E-state index is 13.1. The fraction of sp³-hybridized carbons (Fsp3) is 0.462. The third kappa shape index (κ3) is 4.71. The lowest BCUT2D eigenvalue weighted by atomic mass is 10.1. The van der Waals surface area contributed by atoms with Gasteiger partial charge >= 0.3 is 0 Å². The highest BCUT2D eigenvalue weighted by molar-refractivity contribution is 5.94. The molecule has 5 heteroatoms. The summed E-state index contributed by atoms with van der Waals surface area (Å²) >= 11 is 0. The maximum atomic E-state index is 13.1. The van der Waals surface area contributed by atoms with Gasteiger partial charge in [0.25, 0.3) is 5.91 Å². The molecule has 0 spiro atoms. The van der Waals surface area contributed by atoms with Crippen LogP contribution in [0.5, 0.6) is 0 Å². The van der Waals surface area contributed by atoms with Crippen LogP contribution in [-0.2, 0) is 0 Å². The molecule has 0 atom stereocenters. The predicted molar refractivity (Wildman–Crippen MR) is 68.7 cm³/mol. The lowest BCUT2D eigenvalue weighted by Gasteiger charge is -2.06. The van der Waals surface area contributed by atoms with Gasteiger partial charge in [-0.2, -0.15) is 0 Å². The number of carbonyl (C=O) groups excluding carboxylic acids is 1.